The molecule has 0 aliphatic heterocycles. The first kappa shape index (κ1) is 7.92. The summed E-state index contributed by atoms with van der Waals surface area (Å²) in [7, 11) is 3.57. The molecule has 0 aliphatic carbocycles. The van der Waals surface area contributed by atoms with E-state index in [2.05, 4.69) is 5.32 Å². The van der Waals surface area contributed by atoms with Gasteiger partial charge in [-0.25, -0.2) is 0 Å². The number of hydrogen-bond acceptors (Lipinski definition) is 2. The van der Waals surface area contributed by atoms with Crippen molar-refractivity contribution < 1.29 is 4.74 Å². The highest BCUT2D eigenvalue weighted by molar-refractivity contribution is 5.59. The summed E-state index contributed by atoms with van der Waals surface area (Å²) in [6.45, 7) is 2.03. The maximum Gasteiger partial charge on any atom is 0.144 e. The quantitative estimate of drug-likeness (QED) is 0.698. The largest absolute Gasteiger partial charge is 0.494 e. The number of nitrogens with one attached hydrogen (secondary N) is 1. The minimum absolute atomic E-state index is 0.926. The van der Waals surface area contributed by atoms with Gasteiger partial charge >= 0.3 is 0 Å². The molecule has 0 radical (unpaired) electrons. The van der Waals surface area contributed by atoms with Gasteiger partial charge in [0.25, 0.3) is 0 Å². The van der Waals surface area contributed by atoms with Crippen molar-refractivity contribution in [2.45, 2.75) is 6.92 Å². The number of rotatable bonds is 2. The molecule has 2 heteroatoms. The fourth-order valence-corrected chi connectivity index (χ4v) is 1.12. The third-order valence-electron chi connectivity index (χ3n) is 1.69. The highest BCUT2D eigenvalue weighted by Gasteiger charge is 2.01. The van der Waals surface area contributed by atoms with Crippen LogP contribution in [0.4, 0.5) is 5.69 Å². The minimum Gasteiger partial charge on any atom is -0.494 e. The minimum atomic E-state index is 0.926. The second-order valence-electron chi connectivity index (χ2n) is 2.41. The lowest BCUT2D eigenvalue weighted by atomic mass is 10.2. The lowest BCUT2D eigenvalue weighted by Crippen LogP contribution is -1.94. The van der Waals surface area contributed by atoms with Crippen LogP contribution < -0.4 is 10.1 Å². The van der Waals surface area contributed by atoms with Crippen molar-refractivity contribution in [1.82, 2.24) is 0 Å². The van der Waals surface area contributed by atoms with Crippen molar-refractivity contribution in [2.24, 2.45) is 0 Å². The first-order valence-corrected chi connectivity index (χ1v) is 3.61. The Morgan fingerprint density at radius 1 is 1.36 bits per heavy atom. The molecule has 0 atom stereocenters. The molecule has 1 aromatic carbocycles. The Hall–Kier alpha value is -1.18. The summed E-state index contributed by atoms with van der Waals surface area (Å²) in [5.74, 6) is 0.926. The predicted molar refractivity (Wildman–Crippen MR) is 47.3 cm³/mol. The van der Waals surface area contributed by atoms with Gasteiger partial charge in [0.05, 0.1) is 12.8 Å². The van der Waals surface area contributed by atoms with E-state index in [1.807, 2.05) is 32.2 Å². The molecule has 11 heavy (non-hydrogen) atoms. The highest BCUT2D eigenvalue weighted by atomic mass is 16.5. The Kier molecular flexibility index (Phi) is 2.36. The molecule has 1 N–H and O–H groups in total. The zero-order valence-corrected chi connectivity index (χ0v) is 7.14. The number of para-hydroxylation sites is 1. The maximum atomic E-state index is 5.20. The van der Waals surface area contributed by atoms with Gasteiger partial charge in [-0.3, -0.25) is 0 Å². The van der Waals surface area contributed by atoms with E-state index in [0.717, 1.165) is 17.0 Å². The first-order chi connectivity index (χ1) is 5.29. The van der Waals surface area contributed by atoms with E-state index >= 15 is 0 Å². The Morgan fingerprint density at radius 3 is 2.55 bits per heavy atom. The molecule has 0 fully saturated rings. The van der Waals surface area contributed by atoms with Crippen molar-refractivity contribution in [3.8, 4) is 5.75 Å². The molecule has 60 valence electrons. The molecule has 1 aromatic rings. The summed E-state index contributed by atoms with van der Waals surface area (Å²) in [6, 6.07) is 6.02. The summed E-state index contributed by atoms with van der Waals surface area (Å²) >= 11 is 0. The number of aryl methyl sites for hydroxylation is 1. The van der Waals surface area contributed by atoms with Crippen molar-refractivity contribution in [1.29, 1.82) is 0 Å². The molecule has 0 amide bonds. The van der Waals surface area contributed by atoms with Gasteiger partial charge in [0.15, 0.2) is 0 Å². The summed E-state index contributed by atoms with van der Waals surface area (Å²) in [5, 5.41) is 3.06. The molecule has 0 spiro atoms. The summed E-state index contributed by atoms with van der Waals surface area (Å²) in [6.07, 6.45) is 0. The Bertz CT molecular complexity index is 245. The van der Waals surface area contributed by atoms with Crippen molar-refractivity contribution >= 4 is 5.69 Å². The Morgan fingerprint density at radius 2 is 2.09 bits per heavy atom. The van der Waals surface area contributed by atoms with E-state index in [1.165, 1.54) is 0 Å². The van der Waals surface area contributed by atoms with Gasteiger partial charge in [0, 0.05) is 7.05 Å². The third-order valence-corrected chi connectivity index (χ3v) is 1.69. The van der Waals surface area contributed by atoms with Crippen LogP contribution >= 0.6 is 0 Å². The van der Waals surface area contributed by atoms with Gasteiger partial charge in [-0.05, 0) is 18.6 Å². The molecule has 0 unspecified atom stereocenters. The van der Waals surface area contributed by atoms with Crippen molar-refractivity contribution in [2.75, 3.05) is 19.5 Å². The van der Waals surface area contributed by atoms with Gasteiger partial charge in [-0.1, -0.05) is 12.1 Å². The second-order valence-corrected chi connectivity index (χ2v) is 2.41. The van der Waals surface area contributed by atoms with Crippen LogP contribution in [-0.4, -0.2) is 14.2 Å². The molecular formula is C9H13NO. The average Bonchev–Trinajstić information content (AvgIpc) is 2.04. The third kappa shape index (κ3) is 1.45. The lowest BCUT2D eigenvalue weighted by molar-refractivity contribution is 0.413. The van der Waals surface area contributed by atoms with Crippen LogP contribution in [-0.2, 0) is 0 Å². The van der Waals surface area contributed by atoms with Crippen LogP contribution in [0.5, 0.6) is 5.75 Å². The van der Waals surface area contributed by atoms with Crippen LogP contribution in [0, 0.1) is 6.92 Å². The topological polar surface area (TPSA) is 21.3 Å². The fourth-order valence-electron chi connectivity index (χ4n) is 1.12. The van der Waals surface area contributed by atoms with Crippen LogP contribution in [0.1, 0.15) is 5.56 Å². The van der Waals surface area contributed by atoms with Crippen molar-refractivity contribution in [3.63, 3.8) is 0 Å². The first-order valence-electron chi connectivity index (χ1n) is 3.61. The van der Waals surface area contributed by atoms with E-state index < -0.39 is 0 Å². The zero-order chi connectivity index (χ0) is 8.27. The predicted octanol–water partition coefficient (Wildman–Crippen LogP) is 2.05. The average molecular weight is 151 g/mol. The Balaban J connectivity index is 3.13. The molecule has 0 aliphatic rings. The Labute approximate surface area is 67.2 Å². The molecule has 0 aromatic heterocycles. The van der Waals surface area contributed by atoms with Gasteiger partial charge in [0.1, 0.15) is 5.75 Å². The lowest BCUT2D eigenvalue weighted by Gasteiger charge is -2.09. The number of benzene rings is 1. The molecule has 0 bridgehead atoms. The number of methoxy groups -OCH3 is 1. The van der Waals surface area contributed by atoms with Gasteiger partial charge < -0.3 is 10.1 Å². The van der Waals surface area contributed by atoms with Crippen LogP contribution in [0.3, 0.4) is 0 Å². The summed E-state index contributed by atoms with van der Waals surface area (Å²) in [5.41, 5.74) is 2.19. The second kappa shape index (κ2) is 3.28. The molecule has 1 rings (SSSR count). The molecule has 0 saturated carbocycles. The van der Waals surface area contributed by atoms with Crippen LogP contribution in [0.25, 0.3) is 0 Å². The van der Waals surface area contributed by atoms with Gasteiger partial charge in [-0.2, -0.15) is 0 Å². The van der Waals surface area contributed by atoms with Crippen LogP contribution in [0.15, 0.2) is 18.2 Å². The van der Waals surface area contributed by atoms with E-state index in [0.29, 0.717) is 0 Å². The number of ether oxygens (including phenoxy) is 1. The van der Waals surface area contributed by atoms with E-state index in [4.69, 9.17) is 4.74 Å². The normalized spacial score (nSPS) is 9.36. The van der Waals surface area contributed by atoms with Crippen LogP contribution in [0.2, 0.25) is 0 Å². The summed E-state index contributed by atoms with van der Waals surface area (Å²) in [4.78, 5) is 0. The maximum absolute atomic E-state index is 5.20. The molecule has 2 nitrogen and oxygen atoms in total. The van der Waals surface area contributed by atoms with Crippen molar-refractivity contribution in [3.05, 3.63) is 23.8 Å². The van der Waals surface area contributed by atoms with Gasteiger partial charge in [-0.15, -0.1) is 0 Å². The standard InChI is InChI=1S/C9H13NO/c1-7-5-4-6-8(10-2)9(7)11-3/h4-6,10H,1-3H3. The van der Waals surface area contributed by atoms with E-state index in [1.54, 1.807) is 7.11 Å². The van der Waals surface area contributed by atoms with E-state index in [9.17, 15) is 0 Å². The SMILES string of the molecule is CNc1cccc(C)c1OC. The zero-order valence-electron chi connectivity index (χ0n) is 7.14. The molecule has 0 saturated heterocycles. The monoisotopic (exact) mass is 151 g/mol. The number of hydrogen-bond donors (Lipinski definition) is 1. The summed E-state index contributed by atoms with van der Waals surface area (Å²) < 4.78 is 5.20. The van der Waals surface area contributed by atoms with Gasteiger partial charge in [0.2, 0.25) is 0 Å². The fraction of sp³-hybridized carbons (Fsp3) is 0.333. The highest BCUT2D eigenvalue weighted by Crippen LogP contribution is 2.26. The number of anilines is 1. The van der Waals surface area contributed by atoms with E-state index in [-0.39, 0.29) is 0 Å². The smallest absolute Gasteiger partial charge is 0.144 e. The molecular weight excluding hydrogens is 138 g/mol. The molecule has 0 heterocycles.